The van der Waals surface area contributed by atoms with Crippen molar-refractivity contribution in [1.29, 1.82) is 0 Å². The first kappa shape index (κ1) is 27.8. The van der Waals surface area contributed by atoms with Gasteiger partial charge in [-0.25, -0.2) is 14.4 Å². The number of carbonyl (C=O) groups is 1. The zero-order valence-corrected chi connectivity index (χ0v) is 21.7. The molecule has 4 aromatic rings. The van der Waals surface area contributed by atoms with Gasteiger partial charge in [0.15, 0.2) is 0 Å². The molecule has 3 N–H and O–H groups in total. The number of hydrogen-bond donors (Lipinski definition) is 2. The molecule has 0 spiro atoms. The minimum Gasteiger partial charge on any atom is -0.374 e. The van der Waals surface area contributed by atoms with E-state index in [4.69, 9.17) is 5.73 Å². The number of nitrogens with zero attached hydrogens (tertiary/aromatic N) is 4. The molecule has 0 fully saturated rings. The van der Waals surface area contributed by atoms with Gasteiger partial charge in [-0.05, 0) is 80.7 Å². The number of rotatable bonds is 8. The van der Waals surface area contributed by atoms with Gasteiger partial charge in [0, 0.05) is 30.9 Å². The van der Waals surface area contributed by atoms with Crippen molar-refractivity contribution in [2.24, 2.45) is 0 Å². The Morgan fingerprint density at radius 2 is 1.69 bits per heavy atom. The summed E-state index contributed by atoms with van der Waals surface area (Å²) in [6, 6.07) is 12.5. The van der Waals surface area contributed by atoms with Gasteiger partial charge < -0.3 is 20.9 Å². The number of fused-ring (bicyclic) bond motifs is 1. The monoisotopic (exact) mass is 540 g/mol. The standard InChI is InChI=1S/C28H28F4N6O/c1-37(2)11-4-12-38(3)25-10-7-20(28(30,31)32)15-21(25)26(39)35-24-14-18(5-8-22(24)29)17-6-9-23-19(13-17)16-34-27(33)36-23/h5-10,13-16H,4,11-12H2,1-3H3,(H,35,39)(H2,33,34,36). The third-order valence-electron chi connectivity index (χ3n) is 6.22. The number of nitrogen functional groups attached to an aromatic ring is 1. The summed E-state index contributed by atoms with van der Waals surface area (Å²) in [6.45, 7) is 1.27. The molecule has 0 bridgehead atoms. The van der Waals surface area contributed by atoms with Crippen molar-refractivity contribution in [2.45, 2.75) is 12.6 Å². The van der Waals surface area contributed by atoms with Crippen molar-refractivity contribution in [3.8, 4) is 11.1 Å². The van der Waals surface area contributed by atoms with Gasteiger partial charge >= 0.3 is 6.18 Å². The fourth-order valence-electron chi connectivity index (χ4n) is 4.19. The zero-order valence-electron chi connectivity index (χ0n) is 21.7. The Hall–Kier alpha value is -4.25. The average molecular weight is 541 g/mol. The van der Waals surface area contributed by atoms with Crippen LogP contribution >= 0.6 is 0 Å². The van der Waals surface area contributed by atoms with E-state index in [2.05, 4.69) is 15.3 Å². The quantitative estimate of drug-likeness (QED) is 0.280. The number of nitrogens with one attached hydrogen (secondary N) is 1. The maximum atomic E-state index is 14.8. The molecular formula is C28H28F4N6O. The summed E-state index contributed by atoms with van der Waals surface area (Å²) in [5, 5.41) is 3.18. The van der Waals surface area contributed by atoms with E-state index in [1.54, 1.807) is 42.4 Å². The van der Waals surface area contributed by atoms with Crippen LogP contribution < -0.4 is 16.0 Å². The maximum absolute atomic E-state index is 14.8. The Bertz CT molecular complexity index is 1510. The molecule has 1 aromatic heterocycles. The zero-order chi connectivity index (χ0) is 28.3. The van der Waals surface area contributed by atoms with Crippen LogP contribution in [0.5, 0.6) is 0 Å². The van der Waals surface area contributed by atoms with Crippen LogP contribution in [0.2, 0.25) is 0 Å². The number of carbonyl (C=O) groups excluding carboxylic acids is 1. The summed E-state index contributed by atoms with van der Waals surface area (Å²) < 4.78 is 55.3. The summed E-state index contributed by atoms with van der Waals surface area (Å²) in [4.78, 5) is 25.1. The van der Waals surface area contributed by atoms with E-state index in [0.717, 1.165) is 25.1 Å². The molecule has 0 aliphatic rings. The topological polar surface area (TPSA) is 87.4 Å². The molecule has 39 heavy (non-hydrogen) atoms. The normalized spacial score (nSPS) is 11.7. The molecule has 7 nitrogen and oxygen atoms in total. The van der Waals surface area contributed by atoms with Gasteiger partial charge in [-0.15, -0.1) is 0 Å². The lowest BCUT2D eigenvalue weighted by atomic mass is 10.0. The Morgan fingerprint density at radius 1 is 0.974 bits per heavy atom. The van der Waals surface area contributed by atoms with Crippen LogP contribution in [0.3, 0.4) is 0 Å². The van der Waals surface area contributed by atoms with Crippen molar-refractivity contribution in [2.75, 3.05) is 50.2 Å². The van der Waals surface area contributed by atoms with Crippen molar-refractivity contribution in [3.63, 3.8) is 0 Å². The number of nitrogens with two attached hydrogens (primary N) is 1. The molecule has 4 rings (SSSR count). The Balaban J connectivity index is 1.66. The average Bonchev–Trinajstić information content (AvgIpc) is 2.88. The molecule has 0 atom stereocenters. The second-order valence-corrected chi connectivity index (χ2v) is 9.46. The van der Waals surface area contributed by atoms with E-state index in [-0.39, 0.29) is 17.2 Å². The fourth-order valence-corrected chi connectivity index (χ4v) is 4.19. The Labute approximate surface area is 223 Å². The number of benzene rings is 3. The van der Waals surface area contributed by atoms with Gasteiger partial charge in [-0.3, -0.25) is 4.79 Å². The van der Waals surface area contributed by atoms with Crippen LogP contribution in [-0.4, -0.2) is 55.0 Å². The lowest BCUT2D eigenvalue weighted by Gasteiger charge is -2.24. The van der Waals surface area contributed by atoms with E-state index >= 15 is 0 Å². The maximum Gasteiger partial charge on any atom is 0.416 e. The molecule has 11 heteroatoms. The second-order valence-electron chi connectivity index (χ2n) is 9.46. The first-order chi connectivity index (χ1) is 18.4. The minimum absolute atomic E-state index is 0.138. The minimum atomic E-state index is -4.65. The van der Waals surface area contributed by atoms with E-state index in [0.29, 0.717) is 34.3 Å². The highest BCUT2D eigenvalue weighted by molar-refractivity contribution is 6.08. The first-order valence-corrected chi connectivity index (χ1v) is 12.1. The predicted molar refractivity (Wildman–Crippen MR) is 145 cm³/mol. The summed E-state index contributed by atoms with van der Waals surface area (Å²) in [5.41, 5.74) is 6.52. The number of anilines is 3. The summed E-state index contributed by atoms with van der Waals surface area (Å²) >= 11 is 0. The molecule has 1 amide bonds. The van der Waals surface area contributed by atoms with Crippen molar-refractivity contribution in [1.82, 2.24) is 14.9 Å². The number of alkyl halides is 3. The fraction of sp³-hybridized carbons (Fsp3) is 0.250. The van der Waals surface area contributed by atoms with Crippen LogP contribution in [0.25, 0.3) is 22.0 Å². The van der Waals surface area contributed by atoms with Crippen molar-refractivity contribution >= 4 is 34.1 Å². The van der Waals surface area contributed by atoms with Crippen molar-refractivity contribution in [3.05, 3.63) is 77.7 Å². The van der Waals surface area contributed by atoms with Crippen LogP contribution in [0.15, 0.2) is 60.8 Å². The highest BCUT2D eigenvalue weighted by Crippen LogP contribution is 2.34. The number of aromatic nitrogens is 2. The lowest BCUT2D eigenvalue weighted by Crippen LogP contribution is -2.26. The third kappa shape index (κ3) is 6.61. The molecule has 3 aromatic carbocycles. The summed E-state index contributed by atoms with van der Waals surface area (Å²) in [5.74, 6) is -1.44. The smallest absolute Gasteiger partial charge is 0.374 e. The molecule has 0 unspecified atom stereocenters. The van der Waals surface area contributed by atoms with Gasteiger partial charge in [0.05, 0.1) is 22.3 Å². The molecule has 0 aliphatic carbocycles. The predicted octanol–water partition coefficient (Wildman–Crippen LogP) is 5.68. The van der Waals surface area contributed by atoms with E-state index in [1.165, 1.54) is 18.2 Å². The number of amides is 1. The van der Waals surface area contributed by atoms with E-state index < -0.39 is 23.5 Å². The first-order valence-electron chi connectivity index (χ1n) is 12.1. The third-order valence-corrected chi connectivity index (χ3v) is 6.22. The largest absolute Gasteiger partial charge is 0.416 e. The highest BCUT2D eigenvalue weighted by Gasteiger charge is 2.32. The van der Waals surface area contributed by atoms with Gasteiger partial charge in [0.25, 0.3) is 5.91 Å². The van der Waals surface area contributed by atoms with Crippen molar-refractivity contribution < 1.29 is 22.4 Å². The lowest BCUT2D eigenvalue weighted by molar-refractivity contribution is -0.137. The number of halogens is 4. The van der Waals surface area contributed by atoms with Crippen LogP contribution in [0, 0.1) is 5.82 Å². The molecule has 0 saturated carbocycles. The number of hydrogen-bond acceptors (Lipinski definition) is 6. The van der Waals surface area contributed by atoms with Gasteiger partial charge in [-0.2, -0.15) is 13.2 Å². The second kappa shape index (κ2) is 11.2. The van der Waals surface area contributed by atoms with Gasteiger partial charge in [0.1, 0.15) is 5.82 Å². The molecular weight excluding hydrogens is 512 g/mol. The summed E-state index contributed by atoms with van der Waals surface area (Å²) in [6.07, 6.45) is -2.35. The van der Waals surface area contributed by atoms with Crippen LogP contribution in [0.4, 0.5) is 34.9 Å². The molecule has 204 valence electrons. The molecule has 0 aliphatic heterocycles. The van der Waals surface area contributed by atoms with Crippen LogP contribution in [0.1, 0.15) is 22.3 Å². The highest BCUT2D eigenvalue weighted by atomic mass is 19.4. The van der Waals surface area contributed by atoms with E-state index in [9.17, 15) is 22.4 Å². The van der Waals surface area contributed by atoms with Crippen LogP contribution in [-0.2, 0) is 6.18 Å². The van der Waals surface area contributed by atoms with E-state index in [1.807, 2.05) is 19.0 Å². The Morgan fingerprint density at radius 3 is 2.41 bits per heavy atom. The molecule has 0 radical (unpaired) electrons. The molecule has 1 heterocycles. The Kier molecular flexibility index (Phi) is 8.01. The SMILES string of the molecule is CN(C)CCCN(C)c1ccc(C(F)(F)F)cc1C(=O)Nc1cc(-c2ccc3nc(N)ncc3c2)ccc1F. The molecule has 0 saturated heterocycles. The van der Waals surface area contributed by atoms with Gasteiger partial charge in [-0.1, -0.05) is 12.1 Å². The summed E-state index contributed by atoms with van der Waals surface area (Å²) in [7, 11) is 5.54. The van der Waals surface area contributed by atoms with Gasteiger partial charge in [0.2, 0.25) is 5.95 Å².